The van der Waals surface area contributed by atoms with Gasteiger partial charge in [-0.2, -0.15) is 0 Å². The van der Waals surface area contributed by atoms with Gasteiger partial charge in [0.25, 0.3) is 0 Å². The summed E-state index contributed by atoms with van der Waals surface area (Å²) < 4.78 is 3.84. The molecular weight excluding hydrogens is 227 g/mol. The number of carbonyl (C=O) groups excluding carboxylic acids is 1. The van der Waals surface area contributed by atoms with Gasteiger partial charge in [0, 0.05) is 31.1 Å². The average molecular weight is 236 g/mol. The van der Waals surface area contributed by atoms with Crippen LogP contribution in [0.15, 0.2) is 24.8 Å². The minimum atomic E-state index is -3.74. The van der Waals surface area contributed by atoms with E-state index >= 15 is 0 Å². The predicted octanol–water partition coefficient (Wildman–Crippen LogP) is 0.235. The van der Waals surface area contributed by atoms with Crippen molar-refractivity contribution in [3.05, 3.63) is 24.8 Å². The molecule has 6 nitrogen and oxygen atoms in total. The summed E-state index contributed by atoms with van der Waals surface area (Å²) in [5.74, 6) is -0.779. The highest BCUT2D eigenvalue weighted by molar-refractivity contribution is 8.06. The fraction of sp³-hybridized carbons (Fsp3) is 0.167. The van der Waals surface area contributed by atoms with Gasteiger partial charge in [-0.15, -0.1) is 0 Å². The third kappa shape index (κ3) is 11.1. The van der Waals surface area contributed by atoms with Gasteiger partial charge in [-0.25, -0.2) is 9.97 Å². The molecule has 1 rings (SSSR count). The van der Waals surface area contributed by atoms with Crippen LogP contribution in [0.4, 0.5) is 0 Å². The van der Waals surface area contributed by atoms with Gasteiger partial charge in [0.15, 0.2) is 0 Å². The smallest absolute Gasteiger partial charge is 0.377 e. The molecule has 0 fully saturated rings. The van der Waals surface area contributed by atoms with Crippen molar-refractivity contribution in [3.8, 4) is 0 Å². The quantitative estimate of drug-likeness (QED) is 0.674. The molecule has 0 aliphatic rings. The summed E-state index contributed by atoms with van der Waals surface area (Å²) in [6.07, 6.45) is 4.88. The van der Waals surface area contributed by atoms with Crippen molar-refractivity contribution in [3.63, 3.8) is 0 Å². The topological polar surface area (TPSA) is 92.5 Å². The van der Waals surface area contributed by atoms with Gasteiger partial charge in [-0.1, -0.05) is 0 Å². The van der Waals surface area contributed by atoms with Crippen molar-refractivity contribution < 1.29 is 19.1 Å². The van der Waals surface area contributed by atoms with Gasteiger partial charge in [0.1, 0.15) is 6.33 Å². The normalized spacial score (nSPS) is 9.64. The number of aromatic nitrogens is 2. The minimum Gasteiger partial charge on any atom is -0.392 e. The van der Waals surface area contributed by atoms with Crippen LogP contribution in [-0.2, 0) is 21.1 Å². The lowest BCUT2D eigenvalue weighted by Gasteiger charge is -2.03. The molecule has 0 unspecified atom stereocenters. The summed E-state index contributed by atoms with van der Waals surface area (Å²) in [7, 11) is 0. The van der Waals surface area contributed by atoms with E-state index in [0.717, 1.165) is 6.92 Å². The molecule has 1 aromatic rings. The first kappa shape index (κ1) is 13.1. The highest BCUT2D eigenvalue weighted by atomic mass is 32.5. The van der Waals surface area contributed by atoms with E-state index < -0.39 is 12.7 Å². The second-order valence-electron chi connectivity index (χ2n) is 1.98. The molecule has 0 bridgehead atoms. The third-order valence-electron chi connectivity index (χ3n) is 0.725. The Kier molecular flexibility index (Phi) is 6.14. The van der Waals surface area contributed by atoms with Gasteiger partial charge in [0.05, 0.1) is 0 Å². The Morgan fingerprint density at radius 1 is 1.43 bits per heavy atom. The molecule has 0 saturated carbocycles. The SMILES string of the molecule is CC(=O)OP(O)(O)=S.c1cncnc1. The molecule has 0 aliphatic heterocycles. The maximum Gasteiger partial charge on any atom is 0.377 e. The standard InChI is InChI=1S/C4H4N2.C2H5O4PS/c1-2-5-4-6-3-1;1-2(3)6-7(4,5)8/h1-4H;1H3,(H2,4,5,8). The fourth-order valence-electron chi connectivity index (χ4n) is 0.421. The van der Waals surface area contributed by atoms with E-state index in [9.17, 15) is 4.79 Å². The number of carbonyl (C=O) groups is 1. The molecule has 78 valence electrons. The Morgan fingerprint density at radius 2 is 1.93 bits per heavy atom. The Labute approximate surface area is 85.8 Å². The molecule has 1 heterocycles. The van der Waals surface area contributed by atoms with E-state index in [2.05, 4.69) is 26.3 Å². The van der Waals surface area contributed by atoms with Gasteiger partial charge in [0.2, 0.25) is 0 Å². The summed E-state index contributed by atoms with van der Waals surface area (Å²) in [5.41, 5.74) is 0. The zero-order valence-corrected chi connectivity index (χ0v) is 8.98. The van der Waals surface area contributed by atoms with Crippen LogP contribution in [0.3, 0.4) is 0 Å². The second kappa shape index (κ2) is 6.56. The van der Waals surface area contributed by atoms with Crippen LogP contribution in [0.1, 0.15) is 6.92 Å². The molecule has 0 radical (unpaired) electrons. The highest BCUT2D eigenvalue weighted by Crippen LogP contribution is 2.35. The van der Waals surface area contributed by atoms with Gasteiger partial charge < -0.3 is 14.3 Å². The average Bonchev–Trinajstić information content (AvgIpc) is 2.03. The van der Waals surface area contributed by atoms with Crippen molar-refractivity contribution in [2.24, 2.45) is 0 Å². The zero-order valence-electron chi connectivity index (χ0n) is 7.27. The van der Waals surface area contributed by atoms with Crippen LogP contribution in [-0.4, -0.2) is 25.7 Å². The molecule has 0 aromatic carbocycles. The summed E-state index contributed by atoms with van der Waals surface area (Å²) in [6, 6.07) is 1.78. The predicted molar refractivity (Wildman–Crippen MR) is 52.5 cm³/mol. The first-order chi connectivity index (χ1) is 6.42. The molecule has 0 aliphatic carbocycles. The van der Waals surface area contributed by atoms with Crippen molar-refractivity contribution in [1.29, 1.82) is 0 Å². The van der Waals surface area contributed by atoms with Crippen molar-refractivity contribution in [2.75, 3.05) is 0 Å². The van der Waals surface area contributed by atoms with Gasteiger partial charge in [-0.05, 0) is 6.07 Å². The van der Waals surface area contributed by atoms with Crippen molar-refractivity contribution in [2.45, 2.75) is 6.92 Å². The lowest BCUT2D eigenvalue weighted by atomic mass is 10.7. The number of rotatable bonds is 1. The maximum absolute atomic E-state index is 9.88. The van der Waals surface area contributed by atoms with Crippen molar-refractivity contribution >= 4 is 24.5 Å². The summed E-state index contributed by atoms with van der Waals surface area (Å²) in [6.45, 7) is -2.69. The second-order valence-corrected chi connectivity index (χ2v) is 4.57. The molecule has 14 heavy (non-hydrogen) atoms. The fourth-order valence-corrected chi connectivity index (χ4v) is 1.07. The molecule has 0 saturated heterocycles. The van der Waals surface area contributed by atoms with E-state index in [1.54, 1.807) is 18.5 Å². The van der Waals surface area contributed by atoms with Crippen LogP contribution in [0, 0.1) is 0 Å². The van der Waals surface area contributed by atoms with E-state index in [1.807, 2.05) is 0 Å². The van der Waals surface area contributed by atoms with Crippen LogP contribution in [0.2, 0.25) is 0 Å². The van der Waals surface area contributed by atoms with E-state index in [0.29, 0.717) is 0 Å². The third-order valence-corrected chi connectivity index (χ3v) is 1.44. The Balaban J connectivity index is 0.000000249. The van der Waals surface area contributed by atoms with E-state index in [1.165, 1.54) is 6.33 Å². The minimum absolute atomic E-state index is 0.779. The number of hydrogen-bond acceptors (Lipinski definition) is 5. The summed E-state index contributed by atoms with van der Waals surface area (Å²) >= 11 is 3.94. The lowest BCUT2D eigenvalue weighted by molar-refractivity contribution is -0.132. The lowest BCUT2D eigenvalue weighted by Crippen LogP contribution is -1.94. The molecule has 2 N–H and O–H groups in total. The van der Waals surface area contributed by atoms with Crippen LogP contribution < -0.4 is 0 Å². The van der Waals surface area contributed by atoms with E-state index in [-0.39, 0.29) is 0 Å². The van der Waals surface area contributed by atoms with Gasteiger partial charge >= 0.3 is 12.7 Å². The summed E-state index contributed by atoms with van der Waals surface area (Å²) in [4.78, 5) is 33.7. The summed E-state index contributed by atoms with van der Waals surface area (Å²) in [5, 5.41) is 0. The van der Waals surface area contributed by atoms with Gasteiger partial charge in [-0.3, -0.25) is 4.79 Å². The molecule has 0 spiro atoms. The molecule has 8 heteroatoms. The highest BCUT2D eigenvalue weighted by Gasteiger charge is 2.09. The zero-order chi connectivity index (χ0) is 11.0. The maximum atomic E-state index is 9.88. The van der Waals surface area contributed by atoms with Crippen LogP contribution >= 0.6 is 6.72 Å². The van der Waals surface area contributed by atoms with Crippen LogP contribution in [0.25, 0.3) is 0 Å². The molecule has 0 amide bonds. The molecule has 0 atom stereocenters. The monoisotopic (exact) mass is 236 g/mol. The first-order valence-corrected chi connectivity index (χ1v) is 6.00. The number of hydrogen-bond donors (Lipinski definition) is 2. The largest absolute Gasteiger partial charge is 0.392 e. The molecule has 1 aromatic heterocycles. The Morgan fingerprint density at radius 3 is 2.00 bits per heavy atom. The molecular formula is C6H9N2O4PS. The van der Waals surface area contributed by atoms with Crippen molar-refractivity contribution in [1.82, 2.24) is 9.97 Å². The van der Waals surface area contributed by atoms with E-state index in [4.69, 9.17) is 9.79 Å². The van der Waals surface area contributed by atoms with Crippen LogP contribution in [0.5, 0.6) is 0 Å². The Bertz CT molecular complexity index is 288. The number of nitrogens with zero attached hydrogens (tertiary/aromatic N) is 2. The first-order valence-electron chi connectivity index (χ1n) is 3.37. The Hall–Kier alpha value is -0.880.